The average molecular weight is 572 g/mol. The van der Waals surface area contributed by atoms with Crippen LogP contribution >= 0.6 is 23.4 Å². The normalized spacial score (nSPS) is 13.4. The Hall–Kier alpha value is -2.65. The second-order valence-corrected chi connectivity index (χ2v) is 11.2. The largest absolute Gasteiger partial charge is 0.464 e. The molecule has 0 fully saturated rings. The summed E-state index contributed by atoms with van der Waals surface area (Å²) in [6.45, 7) is 10.7. The number of ether oxygens (including phenoxy) is 2. The molecule has 1 atom stereocenters. The Kier molecular flexibility index (Phi) is 11.2. The molecular formula is C28H33ClF3NO4S. The van der Waals surface area contributed by atoms with Crippen LogP contribution in [0.25, 0.3) is 0 Å². The Labute approximate surface area is 231 Å². The minimum absolute atomic E-state index is 0.143. The van der Waals surface area contributed by atoms with Crippen LogP contribution in [0.4, 0.5) is 18.0 Å². The van der Waals surface area contributed by atoms with Crippen molar-refractivity contribution in [3.8, 4) is 0 Å². The van der Waals surface area contributed by atoms with Crippen LogP contribution in [0.5, 0.6) is 0 Å². The Balaban J connectivity index is 2.14. The molecule has 0 aliphatic heterocycles. The fraction of sp³-hybridized carbons (Fsp3) is 0.429. The molecule has 1 amide bonds. The first kappa shape index (κ1) is 31.6. The van der Waals surface area contributed by atoms with E-state index < -0.39 is 34.9 Å². The zero-order chi connectivity index (χ0) is 28.6. The molecule has 38 heavy (non-hydrogen) atoms. The Morgan fingerprint density at radius 3 is 2.37 bits per heavy atom. The zero-order valence-corrected chi connectivity index (χ0v) is 23.5. The van der Waals surface area contributed by atoms with Crippen LogP contribution in [0, 0.1) is 0 Å². The van der Waals surface area contributed by atoms with Crippen molar-refractivity contribution in [3.05, 3.63) is 71.3 Å². The van der Waals surface area contributed by atoms with Gasteiger partial charge in [0.1, 0.15) is 11.1 Å². The SMILES string of the molecule is C=CC[C@](CCCc1ccc(Sc2cccc(C(F)(F)F)c2)cc1Cl)(NC(=O)OC(C)(C)C)C(=O)OCC. The number of aryl methyl sites for hydroxylation is 1. The summed E-state index contributed by atoms with van der Waals surface area (Å²) in [4.78, 5) is 26.6. The van der Waals surface area contributed by atoms with E-state index in [1.165, 1.54) is 17.8 Å². The summed E-state index contributed by atoms with van der Waals surface area (Å²) < 4.78 is 49.7. The molecule has 0 unspecified atom stereocenters. The molecule has 0 aromatic heterocycles. The summed E-state index contributed by atoms with van der Waals surface area (Å²) in [6, 6.07) is 10.4. The number of carbonyl (C=O) groups excluding carboxylic acids is 2. The highest BCUT2D eigenvalue weighted by Crippen LogP contribution is 2.36. The maximum atomic E-state index is 13.0. The van der Waals surface area contributed by atoms with Gasteiger partial charge in [0.15, 0.2) is 0 Å². The van der Waals surface area contributed by atoms with Gasteiger partial charge in [-0.15, -0.1) is 6.58 Å². The lowest BCUT2D eigenvalue weighted by atomic mass is 9.88. The second-order valence-electron chi connectivity index (χ2n) is 9.66. The quantitative estimate of drug-likeness (QED) is 0.217. The third kappa shape index (κ3) is 9.58. The van der Waals surface area contributed by atoms with Crippen LogP contribution in [0.3, 0.4) is 0 Å². The van der Waals surface area contributed by atoms with E-state index in [1.54, 1.807) is 58.0 Å². The summed E-state index contributed by atoms with van der Waals surface area (Å²) in [5.74, 6) is -0.579. The lowest BCUT2D eigenvalue weighted by Gasteiger charge is -2.32. The first-order valence-electron chi connectivity index (χ1n) is 12.1. The number of alkyl halides is 3. The Morgan fingerprint density at radius 2 is 1.79 bits per heavy atom. The van der Waals surface area contributed by atoms with Crippen molar-refractivity contribution in [1.82, 2.24) is 5.32 Å². The minimum atomic E-state index is -4.42. The van der Waals surface area contributed by atoms with Gasteiger partial charge in [0, 0.05) is 14.8 Å². The summed E-state index contributed by atoms with van der Waals surface area (Å²) in [5, 5.41) is 3.15. The molecule has 2 rings (SSSR count). The smallest absolute Gasteiger partial charge is 0.416 e. The van der Waals surface area contributed by atoms with Crippen molar-refractivity contribution < 1.29 is 32.2 Å². The molecule has 0 radical (unpaired) electrons. The molecule has 0 saturated heterocycles. The van der Waals surface area contributed by atoms with Gasteiger partial charge in [-0.25, -0.2) is 9.59 Å². The predicted molar refractivity (Wildman–Crippen MR) is 144 cm³/mol. The van der Waals surface area contributed by atoms with Gasteiger partial charge in [0.05, 0.1) is 12.2 Å². The molecular weight excluding hydrogens is 539 g/mol. The van der Waals surface area contributed by atoms with Gasteiger partial charge in [0.2, 0.25) is 0 Å². The summed E-state index contributed by atoms with van der Waals surface area (Å²) in [5.41, 5.74) is -2.02. The number of amides is 1. The van der Waals surface area contributed by atoms with Gasteiger partial charge in [-0.05, 0) is 89.3 Å². The lowest BCUT2D eigenvalue weighted by molar-refractivity contribution is -0.151. The van der Waals surface area contributed by atoms with Crippen LogP contribution in [0.2, 0.25) is 5.02 Å². The van der Waals surface area contributed by atoms with Crippen LogP contribution in [-0.2, 0) is 26.9 Å². The molecule has 0 saturated carbocycles. The van der Waals surface area contributed by atoms with E-state index >= 15 is 0 Å². The average Bonchev–Trinajstić information content (AvgIpc) is 2.79. The van der Waals surface area contributed by atoms with E-state index in [-0.39, 0.29) is 19.4 Å². The molecule has 0 spiro atoms. The van der Waals surface area contributed by atoms with Crippen molar-refractivity contribution >= 4 is 35.4 Å². The first-order chi connectivity index (χ1) is 17.7. The molecule has 0 bridgehead atoms. The zero-order valence-electron chi connectivity index (χ0n) is 21.9. The van der Waals surface area contributed by atoms with Crippen molar-refractivity contribution in [2.45, 2.75) is 80.5 Å². The molecule has 2 aromatic carbocycles. The van der Waals surface area contributed by atoms with E-state index in [1.807, 2.05) is 0 Å². The fourth-order valence-electron chi connectivity index (χ4n) is 3.71. The van der Waals surface area contributed by atoms with Gasteiger partial charge in [0.25, 0.3) is 0 Å². The molecule has 208 valence electrons. The monoisotopic (exact) mass is 571 g/mol. The van der Waals surface area contributed by atoms with Gasteiger partial charge in [-0.1, -0.05) is 41.6 Å². The lowest BCUT2D eigenvalue weighted by Crippen LogP contribution is -2.56. The van der Waals surface area contributed by atoms with Crippen LogP contribution in [0.15, 0.2) is 64.9 Å². The molecule has 0 heterocycles. The van der Waals surface area contributed by atoms with E-state index in [0.717, 1.165) is 17.7 Å². The topological polar surface area (TPSA) is 64.6 Å². The van der Waals surface area contributed by atoms with Crippen LogP contribution in [0.1, 0.15) is 58.1 Å². The fourth-order valence-corrected chi connectivity index (χ4v) is 4.97. The van der Waals surface area contributed by atoms with Crippen LogP contribution < -0.4 is 5.32 Å². The third-order valence-electron chi connectivity index (χ3n) is 5.37. The van der Waals surface area contributed by atoms with Crippen molar-refractivity contribution in [2.75, 3.05) is 6.61 Å². The van der Waals surface area contributed by atoms with Crippen LogP contribution in [-0.4, -0.2) is 29.8 Å². The van der Waals surface area contributed by atoms with E-state index in [9.17, 15) is 22.8 Å². The molecule has 5 nitrogen and oxygen atoms in total. The highest BCUT2D eigenvalue weighted by Gasteiger charge is 2.41. The number of hydrogen-bond acceptors (Lipinski definition) is 5. The Bertz CT molecular complexity index is 1130. The van der Waals surface area contributed by atoms with Gasteiger partial charge >= 0.3 is 18.2 Å². The minimum Gasteiger partial charge on any atom is -0.464 e. The van der Waals surface area contributed by atoms with E-state index in [2.05, 4.69) is 11.9 Å². The standard InChI is InChI=1S/C28H33ClF3NO4S/c1-6-15-27(24(34)36-7-2,33-25(35)37-26(3,4)5)16-9-10-19-13-14-22(18-23(19)29)38-21-12-8-11-20(17-21)28(30,31)32/h6,8,11-14,17-18H,1,7,9-10,15-16H2,2-5H3,(H,33,35)/t27-/m1/s1. The number of nitrogens with one attached hydrogen (secondary N) is 1. The maximum absolute atomic E-state index is 13.0. The highest BCUT2D eigenvalue weighted by molar-refractivity contribution is 7.99. The number of rotatable bonds is 11. The summed E-state index contributed by atoms with van der Waals surface area (Å²) in [7, 11) is 0. The third-order valence-corrected chi connectivity index (χ3v) is 6.70. The number of hydrogen-bond donors (Lipinski definition) is 1. The Morgan fingerprint density at radius 1 is 1.11 bits per heavy atom. The number of benzene rings is 2. The molecule has 2 aromatic rings. The van der Waals surface area contributed by atoms with Crippen molar-refractivity contribution in [2.24, 2.45) is 0 Å². The van der Waals surface area contributed by atoms with Gasteiger partial charge in [-0.2, -0.15) is 13.2 Å². The molecule has 10 heteroatoms. The first-order valence-corrected chi connectivity index (χ1v) is 13.3. The molecule has 0 aliphatic carbocycles. The van der Waals surface area contributed by atoms with Crippen molar-refractivity contribution in [1.29, 1.82) is 0 Å². The number of alkyl carbamates (subject to hydrolysis) is 1. The number of carbonyl (C=O) groups is 2. The molecule has 0 aliphatic rings. The van der Waals surface area contributed by atoms with Gasteiger partial charge < -0.3 is 14.8 Å². The van der Waals surface area contributed by atoms with E-state index in [4.69, 9.17) is 21.1 Å². The van der Waals surface area contributed by atoms with Gasteiger partial charge in [-0.3, -0.25) is 0 Å². The number of esters is 1. The predicted octanol–water partition coefficient (Wildman–Crippen LogP) is 8.24. The van der Waals surface area contributed by atoms with Crippen molar-refractivity contribution in [3.63, 3.8) is 0 Å². The maximum Gasteiger partial charge on any atom is 0.416 e. The highest BCUT2D eigenvalue weighted by atomic mass is 35.5. The van der Waals surface area contributed by atoms with E-state index in [0.29, 0.717) is 27.7 Å². The summed E-state index contributed by atoms with van der Waals surface area (Å²) >= 11 is 7.67. The molecule has 1 N–H and O–H groups in total. The summed E-state index contributed by atoms with van der Waals surface area (Å²) in [6.07, 6.45) is -2.26. The number of halogens is 4. The second kappa shape index (κ2) is 13.4.